The van der Waals surface area contributed by atoms with E-state index in [1.807, 2.05) is 0 Å². The number of aliphatic hydroxyl groups excluding tert-OH is 1. The summed E-state index contributed by atoms with van der Waals surface area (Å²) in [5.74, 6) is -0.590. The Bertz CT molecular complexity index is 797. The minimum atomic E-state index is -4.75. The van der Waals surface area contributed by atoms with Crippen LogP contribution in [0.3, 0.4) is 0 Å². The van der Waals surface area contributed by atoms with Crippen molar-refractivity contribution < 1.29 is 31.4 Å². The number of alkyl halides is 6. The molecule has 0 bridgehead atoms. The second-order valence-corrected chi connectivity index (χ2v) is 6.14. The van der Waals surface area contributed by atoms with Crippen LogP contribution in [0, 0.1) is 0 Å². The van der Waals surface area contributed by atoms with Crippen LogP contribution in [0.1, 0.15) is 17.7 Å². The Balaban J connectivity index is 2.33. The second-order valence-electron chi connectivity index (χ2n) is 5.28. The number of hydrogen-bond acceptors (Lipinski definition) is 5. The third-order valence-electron chi connectivity index (χ3n) is 3.19. The zero-order chi connectivity index (χ0) is 20.2. The Kier molecular flexibility index (Phi) is 6.52. The van der Waals surface area contributed by atoms with Gasteiger partial charge in [0.25, 0.3) is 0 Å². The number of hydrogen-bond donors (Lipinski definition) is 3. The van der Waals surface area contributed by atoms with E-state index in [2.05, 4.69) is 36.5 Å². The maximum absolute atomic E-state index is 13.0. The zero-order valence-corrected chi connectivity index (χ0v) is 15.0. The van der Waals surface area contributed by atoms with Crippen LogP contribution in [-0.4, -0.2) is 28.2 Å². The van der Waals surface area contributed by atoms with Crippen molar-refractivity contribution in [2.45, 2.75) is 18.8 Å². The summed E-state index contributed by atoms with van der Waals surface area (Å²) in [6.45, 7) is -0.0310. The molecule has 0 radical (unpaired) electrons. The summed E-state index contributed by atoms with van der Waals surface area (Å²) in [5.41, 5.74) is -2.05. The lowest BCUT2D eigenvalue weighted by Crippen LogP contribution is -2.14. The van der Waals surface area contributed by atoms with Gasteiger partial charge in [0.1, 0.15) is 5.82 Å². The number of nitrogens with one attached hydrogen (secondary N) is 2. The summed E-state index contributed by atoms with van der Waals surface area (Å²) in [7, 11) is 0. The first-order valence-electron chi connectivity index (χ1n) is 7.45. The molecule has 0 atom stereocenters. The molecule has 0 amide bonds. The number of aromatic nitrogens is 2. The van der Waals surface area contributed by atoms with Crippen LogP contribution in [0.5, 0.6) is 0 Å². The number of benzene rings is 1. The van der Waals surface area contributed by atoms with Gasteiger partial charge in [0.15, 0.2) is 5.69 Å². The summed E-state index contributed by atoms with van der Waals surface area (Å²) in [6, 6.07) is 3.30. The summed E-state index contributed by atoms with van der Waals surface area (Å²) in [5, 5.41) is 13.8. The minimum Gasteiger partial charge on any atom is -0.396 e. The molecule has 5 nitrogen and oxygen atoms in total. The van der Waals surface area contributed by atoms with E-state index in [1.165, 1.54) is 0 Å². The van der Waals surface area contributed by atoms with E-state index < -0.39 is 23.6 Å². The molecular weight excluding hydrogens is 446 g/mol. The van der Waals surface area contributed by atoms with Gasteiger partial charge in [-0.3, -0.25) is 0 Å². The lowest BCUT2D eigenvalue weighted by Gasteiger charge is -2.14. The SMILES string of the molecule is OCCCNc1nc(Nc2ccc(C(F)(F)F)cc2Br)cc(C(F)(F)F)n1. The fraction of sp³-hybridized carbons (Fsp3) is 0.333. The third kappa shape index (κ3) is 5.96. The van der Waals surface area contributed by atoms with Gasteiger partial charge in [-0.1, -0.05) is 0 Å². The van der Waals surface area contributed by atoms with Gasteiger partial charge in [0, 0.05) is 23.7 Å². The van der Waals surface area contributed by atoms with Crippen LogP contribution in [-0.2, 0) is 12.4 Å². The minimum absolute atomic E-state index is 0.000661. The highest BCUT2D eigenvalue weighted by Crippen LogP contribution is 2.35. The maximum atomic E-state index is 13.0. The third-order valence-corrected chi connectivity index (χ3v) is 3.85. The van der Waals surface area contributed by atoms with Crippen molar-refractivity contribution in [1.29, 1.82) is 0 Å². The molecule has 0 aliphatic rings. The number of anilines is 3. The van der Waals surface area contributed by atoms with Gasteiger partial charge in [-0.05, 0) is 40.5 Å². The summed E-state index contributed by atoms with van der Waals surface area (Å²) >= 11 is 2.95. The van der Waals surface area contributed by atoms with Crippen LogP contribution in [0.25, 0.3) is 0 Å². The van der Waals surface area contributed by atoms with E-state index in [9.17, 15) is 26.3 Å². The van der Waals surface area contributed by atoms with Gasteiger partial charge >= 0.3 is 12.4 Å². The number of nitrogens with zero attached hydrogens (tertiary/aromatic N) is 2. The molecule has 0 aliphatic heterocycles. The molecule has 0 fully saturated rings. The fourth-order valence-corrected chi connectivity index (χ4v) is 2.42. The highest BCUT2D eigenvalue weighted by molar-refractivity contribution is 9.10. The van der Waals surface area contributed by atoms with Gasteiger partial charge in [-0.15, -0.1) is 0 Å². The molecule has 2 rings (SSSR count). The van der Waals surface area contributed by atoms with E-state index in [1.54, 1.807) is 0 Å². The maximum Gasteiger partial charge on any atom is 0.433 e. The standard InChI is InChI=1S/C15H13BrF6N4O/c16-9-6-8(14(17,18)19)2-3-10(9)24-12-7-11(15(20,21)22)25-13(26-12)23-4-1-5-27/h2-3,6-7,27H,1,4-5H2,(H2,23,24,25,26). The molecule has 1 aromatic carbocycles. The first-order valence-corrected chi connectivity index (χ1v) is 8.25. The van der Waals surface area contributed by atoms with E-state index in [0.717, 1.165) is 18.2 Å². The van der Waals surface area contributed by atoms with E-state index in [-0.39, 0.29) is 41.5 Å². The number of aliphatic hydroxyl groups is 1. The molecule has 1 aromatic heterocycles. The summed E-state index contributed by atoms with van der Waals surface area (Å²) in [6.07, 6.45) is -9.03. The molecule has 0 aliphatic carbocycles. The zero-order valence-electron chi connectivity index (χ0n) is 13.4. The molecule has 0 saturated carbocycles. The lowest BCUT2D eigenvalue weighted by atomic mass is 10.2. The van der Waals surface area contributed by atoms with E-state index in [0.29, 0.717) is 6.07 Å². The van der Waals surface area contributed by atoms with Crippen molar-refractivity contribution >= 4 is 33.4 Å². The highest BCUT2D eigenvalue weighted by Gasteiger charge is 2.34. The second kappa shape index (κ2) is 8.30. The summed E-state index contributed by atoms with van der Waals surface area (Å²) in [4.78, 5) is 7.23. The average Bonchev–Trinajstić information content (AvgIpc) is 2.55. The highest BCUT2D eigenvalue weighted by atomic mass is 79.9. The summed E-state index contributed by atoms with van der Waals surface area (Å²) < 4.78 is 77.1. The molecule has 148 valence electrons. The Labute approximate surface area is 158 Å². The average molecular weight is 459 g/mol. The fourth-order valence-electron chi connectivity index (χ4n) is 1.95. The molecule has 12 heteroatoms. The van der Waals surface area contributed by atoms with Gasteiger partial charge in [-0.25, -0.2) is 4.98 Å². The molecule has 3 N–H and O–H groups in total. The first kappa shape index (κ1) is 21.2. The van der Waals surface area contributed by atoms with Crippen molar-refractivity contribution in [2.75, 3.05) is 23.8 Å². The monoisotopic (exact) mass is 458 g/mol. The predicted octanol–water partition coefficient (Wildman–Crippen LogP) is 4.81. The van der Waals surface area contributed by atoms with Gasteiger partial charge in [0.05, 0.1) is 11.3 Å². The van der Waals surface area contributed by atoms with Crippen LogP contribution < -0.4 is 10.6 Å². The van der Waals surface area contributed by atoms with Crippen molar-refractivity contribution in [2.24, 2.45) is 0 Å². The molecule has 2 aromatic rings. The topological polar surface area (TPSA) is 70.1 Å². The molecule has 0 saturated heterocycles. The number of rotatable bonds is 6. The molecule has 0 spiro atoms. The lowest BCUT2D eigenvalue weighted by molar-refractivity contribution is -0.141. The van der Waals surface area contributed by atoms with Crippen LogP contribution in [0.15, 0.2) is 28.7 Å². The first-order chi connectivity index (χ1) is 12.5. The van der Waals surface area contributed by atoms with E-state index >= 15 is 0 Å². The Morgan fingerprint density at radius 3 is 2.26 bits per heavy atom. The van der Waals surface area contributed by atoms with Gasteiger partial charge in [-0.2, -0.15) is 31.3 Å². The van der Waals surface area contributed by atoms with Crippen molar-refractivity contribution in [3.05, 3.63) is 40.0 Å². The quantitative estimate of drug-likeness (QED) is 0.427. The Hall–Kier alpha value is -2.08. The van der Waals surface area contributed by atoms with Gasteiger partial charge in [0.2, 0.25) is 5.95 Å². The molecular formula is C15H13BrF6N4O. The Morgan fingerprint density at radius 1 is 1.00 bits per heavy atom. The molecule has 0 unspecified atom stereocenters. The predicted molar refractivity (Wildman–Crippen MR) is 89.7 cm³/mol. The van der Waals surface area contributed by atoms with Crippen molar-refractivity contribution in [3.63, 3.8) is 0 Å². The van der Waals surface area contributed by atoms with Crippen molar-refractivity contribution in [3.8, 4) is 0 Å². The largest absolute Gasteiger partial charge is 0.433 e. The van der Waals surface area contributed by atoms with Crippen LogP contribution in [0.2, 0.25) is 0 Å². The number of halogens is 7. The van der Waals surface area contributed by atoms with Gasteiger partial charge < -0.3 is 15.7 Å². The normalized spacial score (nSPS) is 12.1. The van der Waals surface area contributed by atoms with E-state index in [4.69, 9.17) is 5.11 Å². The van der Waals surface area contributed by atoms with Crippen LogP contribution >= 0.6 is 15.9 Å². The molecule has 27 heavy (non-hydrogen) atoms. The van der Waals surface area contributed by atoms with Crippen LogP contribution in [0.4, 0.5) is 43.8 Å². The van der Waals surface area contributed by atoms with Crippen molar-refractivity contribution in [1.82, 2.24) is 9.97 Å². The Morgan fingerprint density at radius 2 is 1.70 bits per heavy atom. The molecule has 1 heterocycles. The smallest absolute Gasteiger partial charge is 0.396 e.